The highest BCUT2D eigenvalue weighted by atomic mass is 16.5. The zero-order chi connectivity index (χ0) is 9.97. The lowest BCUT2D eigenvalue weighted by atomic mass is 10.0. The Bertz CT molecular complexity index is 360. The molecule has 1 aliphatic rings. The van der Waals surface area contributed by atoms with E-state index in [1.807, 2.05) is 18.2 Å². The molecule has 0 atom stereocenters. The van der Waals surface area contributed by atoms with E-state index in [4.69, 9.17) is 4.74 Å². The molecule has 1 aliphatic heterocycles. The molecule has 1 heterocycles. The third-order valence-corrected chi connectivity index (χ3v) is 2.29. The summed E-state index contributed by atoms with van der Waals surface area (Å²) in [6.07, 6.45) is 0.874. The summed E-state index contributed by atoms with van der Waals surface area (Å²) in [5.41, 5.74) is 2.31. The number of carbonyl (C=O) groups excluding carboxylic acids is 1. The molecule has 3 heteroatoms. The molecule has 0 N–H and O–H groups in total. The van der Waals surface area contributed by atoms with Crippen LogP contribution in [0.2, 0.25) is 0 Å². The first-order valence-electron chi connectivity index (χ1n) is 4.70. The average molecular weight is 190 g/mol. The molecule has 0 aromatic heterocycles. The number of fused-ring (bicyclic) bond motifs is 1. The Balaban J connectivity index is 2.35. The van der Waals surface area contributed by atoms with Crippen LogP contribution in [-0.2, 0) is 17.8 Å². The van der Waals surface area contributed by atoms with E-state index >= 15 is 0 Å². The van der Waals surface area contributed by atoms with E-state index in [0.717, 1.165) is 25.1 Å². The van der Waals surface area contributed by atoms with E-state index in [0.29, 0.717) is 5.75 Å². The zero-order valence-electron chi connectivity index (χ0n) is 8.12. The topological polar surface area (TPSA) is 40.4 Å². The van der Waals surface area contributed by atoms with Crippen molar-refractivity contribution >= 4 is 5.97 Å². The Morgan fingerprint density at radius 2 is 2.36 bits per heavy atom. The molecule has 3 nitrogen and oxygen atoms in total. The Labute approximate surface area is 83.1 Å². The third-order valence-electron chi connectivity index (χ3n) is 2.29. The molecule has 73 valence electrons. The van der Waals surface area contributed by atoms with Gasteiger partial charge in [-0.1, -0.05) is 12.1 Å². The molecule has 1 radical (unpaired) electrons. The number of hydrogen-bond donors (Lipinski definition) is 0. The molecular formula is C11H12NO2. The Morgan fingerprint density at radius 3 is 3.14 bits per heavy atom. The van der Waals surface area contributed by atoms with E-state index in [1.165, 1.54) is 12.5 Å². The van der Waals surface area contributed by atoms with Gasteiger partial charge in [0.05, 0.1) is 0 Å². The standard InChI is InChI=1S/C11H12NO2/c1-8(13)14-11-4-2-3-9-7-12-6-5-10(9)11/h2-4H,5-7H2,1H3. The van der Waals surface area contributed by atoms with Crippen molar-refractivity contribution in [2.75, 3.05) is 6.54 Å². The van der Waals surface area contributed by atoms with Gasteiger partial charge in [0.1, 0.15) is 5.75 Å². The highest BCUT2D eigenvalue weighted by molar-refractivity contribution is 5.70. The van der Waals surface area contributed by atoms with Crippen molar-refractivity contribution in [1.82, 2.24) is 5.32 Å². The highest BCUT2D eigenvalue weighted by Crippen LogP contribution is 2.25. The second kappa shape index (κ2) is 3.80. The van der Waals surface area contributed by atoms with Gasteiger partial charge < -0.3 is 4.74 Å². The Kier molecular flexibility index (Phi) is 2.50. The molecule has 0 unspecified atom stereocenters. The molecule has 0 fully saturated rings. The number of benzene rings is 1. The van der Waals surface area contributed by atoms with Crippen LogP contribution >= 0.6 is 0 Å². The minimum Gasteiger partial charge on any atom is -0.426 e. The van der Waals surface area contributed by atoms with Crippen LogP contribution in [0.1, 0.15) is 18.1 Å². The summed E-state index contributed by atoms with van der Waals surface area (Å²) >= 11 is 0. The van der Waals surface area contributed by atoms with Gasteiger partial charge in [-0.15, -0.1) is 0 Å². The van der Waals surface area contributed by atoms with E-state index in [-0.39, 0.29) is 5.97 Å². The molecule has 14 heavy (non-hydrogen) atoms. The fraction of sp³-hybridized carbons (Fsp3) is 0.364. The predicted molar refractivity (Wildman–Crippen MR) is 52.2 cm³/mol. The lowest BCUT2D eigenvalue weighted by Gasteiger charge is -2.18. The van der Waals surface area contributed by atoms with Gasteiger partial charge in [0.15, 0.2) is 0 Å². The second-order valence-electron chi connectivity index (χ2n) is 3.34. The summed E-state index contributed by atoms with van der Waals surface area (Å²) in [5, 5.41) is 4.30. The largest absolute Gasteiger partial charge is 0.426 e. The highest BCUT2D eigenvalue weighted by Gasteiger charge is 2.14. The van der Waals surface area contributed by atoms with Crippen LogP contribution in [0.5, 0.6) is 5.75 Å². The Morgan fingerprint density at radius 1 is 1.50 bits per heavy atom. The lowest BCUT2D eigenvalue weighted by Crippen LogP contribution is -2.19. The van der Waals surface area contributed by atoms with Crippen molar-refractivity contribution in [2.45, 2.75) is 19.9 Å². The van der Waals surface area contributed by atoms with Gasteiger partial charge in [-0.3, -0.25) is 4.79 Å². The number of carbonyl (C=O) groups is 1. The van der Waals surface area contributed by atoms with Gasteiger partial charge in [0.2, 0.25) is 0 Å². The minimum absolute atomic E-state index is 0.263. The molecule has 0 spiro atoms. The smallest absolute Gasteiger partial charge is 0.308 e. The maximum absolute atomic E-state index is 10.9. The summed E-state index contributed by atoms with van der Waals surface area (Å²) in [7, 11) is 0. The van der Waals surface area contributed by atoms with Crippen LogP contribution in [0, 0.1) is 0 Å². The minimum atomic E-state index is -0.263. The Hall–Kier alpha value is -1.35. The van der Waals surface area contributed by atoms with Gasteiger partial charge in [0.25, 0.3) is 0 Å². The van der Waals surface area contributed by atoms with Crippen LogP contribution in [0.3, 0.4) is 0 Å². The molecule has 1 aromatic carbocycles. The van der Waals surface area contributed by atoms with Crippen molar-refractivity contribution in [1.29, 1.82) is 0 Å². The maximum Gasteiger partial charge on any atom is 0.308 e. The van der Waals surface area contributed by atoms with Crippen LogP contribution in [-0.4, -0.2) is 12.5 Å². The van der Waals surface area contributed by atoms with Gasteiger partial charge in [-0.25, -0.2) is 5.32 Å². The van der Waals surface area contributed by atoms with E-state index in [9.17, 15) is 4.79 Å². The molecule has 1 aromatic rings. The normalized spacial score (nSPS) is 14.6. The van der Waals surface area contributed by atoms with Gasteiger partial charge in [0, 0.05) is 25.6 Å². The van der Waals surface area contributed by atoms with E-state index in [2.05, 4.69) is 5.32 Å². The predicted octanol–water partition coefficient (Wildman–Crippen LogP) is 1.27. The number of ether oxygens (including phenoxy) is 1. The summed E-state index contributed by atoms with van der Waals surface area (Å²) in [5.74, 6) is 0.436. The molecule has 0 bridgehead atoms. The molecule has 2 rings (SSSR count). The summed E-state index contributed by atoms with van der Waals surface area (Å²) < 4.78 is 5.13. The van der Waals surface area contributed by atoms with Gasteiger partial charge in [-0.05, 0) is 18.1 Å². The van der Waals surface area contributed by atoms with Crippen molar-refractivity contribution in [2.24, 2.45) is 0 Å². The van der Waals surface area contributed by atoms with Crippen LogP contribution in [0.25, 0.3) is 0 Å². The number of esters is 1. The van der Waals surface area contributed by atoms with Crippen molar-refractivity contribution in [3.8, 4) is 5.75 Å². The summed E-state index contributed by atoms with van der Waals surface area (Å²) in [6.45, 7) is 2.99. The SMILES string of the molecule is CC(=O)Oc1cccc2c1CC[N]C2. The zero-order valence-corrected chi connectivity index (χ0v) is 8.12. The molecular weight excluding hydrogens is 178 g/mol. The molecule has 0 saturated carbocycles. The number of nitrogens with zero attached hydrogens (tertiary/aromatic N) is 1. The fourth-order valence-electron chi connectivity index (χ4n) is 1.68. The van der Waals surface area contributed by atoms with E-state index < -0.39 is 0 Å². The second-order valence-corrected chi connectivity index (χ2v) is 3.34. The summed E-state index contributed by atoms with van der Waals surface area (Å²) in [6, 6.07) is 5.77. The molecule has 0 saturated heterocycles. The average Bonchev–Trinajstić information content (AvgIpc) is 2.18. The first-order chi connectivity index (χ1) is 6.77. The van der Waals surface area contributed by atoms with Gasteiger partial charge >= 0.3 is 5.97 Å². The number of hydrogen-bond acceptors (Lipinski definition) is 2. The monoisotopic (exact) mass is 190 g/mol. The van der Waals surface area contributed by atoms with Crippen LogP contribution < -0.4 is 10.1 Å². The van der Waals surface area contributed by atoms with Crippen molar-refractivity contribution < 1.29 is 9.53 Å². The maximum atomic E-state index is 10.9. The first kappa shape index (κ1) is 9.21. The first-order valence-corrected chi connectivity index (χ1v) is 4.70. The number of rotatable bonds is 1. The third kappa shape index (κ3) is 1.77. The van der Waals surface area contributed by atoms with E-state index in [1.54, 1.807) is 0 Å². The van der Waals surface area contributed by atoms with Crippen molar-refractivity contribution in [3.05, 3.63) is 29.3 Å². The molecule has 0 amide bonds. The molecule has 0 aliphatic carbocycles. The quantitative estimate of drug-likeness (QED) is 0.494. The fourth-order valence-corrected chi connectivity index (χ4v) is 1.68. The van der Waals surface area contributed by atoms with Gasteiger partial charge in [-0.2, -0.15) is 0 Å². The van der Waals surface area contributed by atoms with Crippen LogP contribution in [0.15, 0.2) is 18.2 Å². The lowest BCUT2D eigenvalue weighted by molar-refractivity contribution is -0.131. The van der Waals surface area contributed by atoms with Crippen molar-refractivity contribution in [3.63, 3.8) is 0 Å². The van der Waals surface area contributed by atoms with Crippen LogP contribution in [0.4, 0.5) is 0 Å². The summed E-state index contributed by atoms with van der Waals surface area (Å²) in [4.78, 5) is 10.9.